The average Bonchev–Trinajstić information content (AvgIpc) is 2.90. The fraction of sp³-hybridized carbons (Fsp3) is 0.647. The third-order valence-electron chi connectivity index (χ3n) is 5.52. The van der Waals surface area contributed by atoms with Crippen molar-refractivity contribution in [2.75, 3.05) is 0 Å². The molecule has 104 valence electrons. The quantitative estimate of drug-likeness (QED) is 0.880. The first kappa shape index (κ1) is 13.0. The molecule has 2 fully saturated rings. The number of aryl methyl sites for hydroxylation is 2. The van der Waals surface area contributed by atoms with Crippen LogP contribution in [-0.4, -0.2) is 12.1 Å². The van der Waals surface area contributed by atoms with Crippen LogP contribution in [-0.2, 0) is 0 Å². The van der Waals surface area contributed by atoms with Crippen molar-refractivity contribution in [3.63, 3.8) is 0 Å². The van der Waals surface area contributed by atoms with Crippen LogP contribution in [0.15, 0.2) is 12.1 Å². The molecule has 0 radical (unpaired) electrons. The smallest absolute Gasteiger partial charge is 0.125 e. The summed E-state index contributed by atoms with van der Waals surface area (Å²) >= 11 is 0. The molecule has 0 saturated heterocycles. The van der Waals surface area contributed by atoms with Gasteiger partial charge >= 0.3 is 0 Å². The van der Waals surface area contributed by atoms with Crippen LogP contribution in [0, 0.1) is 26.2 Å². The molecule has 0 aliphatic heterocycles. The summed E-state index contributed by atoms with van der Waals surface area (Å²) in [4.78, 5) is 0. The normalized spacial score (nSPS) is 28.4. The van der Waals surface area contributed by atoms with E-state index in [2.05, 4.69) is 32.9 Å². The fourth-order valence-electron chi connectivity index (χ4n) is 3.92. The maximum atomic E-state index is 6.42. The average molecular weight is 259 g/mol. The fourth-order valence-corrected chi connectivity index (χ4v) is 3.92. The van der Waals surface area contributed by atoms with Gasteiger partial charge in [0.1, 0.15) is 11.9 Å². The number of benzene rings is 1. The predicted octanol–water partition coefficient (Wildman–Crippen LogP) is 3.65. The summed E-state index contributed by atoms with van der Waals surface area (Å²) in [6, 6.07) is 4.69. The van der Waals surface area contributed by atoms with Crippen LogP contribution in [0.5, 0.6) is 5.75 Å². The monoisotopic (exact) mass is 259 g/mol. The summed E-state index contributed by atoms with van der Waals surface area (Å²) in [5, 5.41) is 0. The van der Waals surface area contributed by atoms with Crippen LogP contribution in [0.3, 0.4) is 0 Å². The van der Waals surface area contributed by atoms with Gasteiger partial charge in [0, 0.05) is 17.9 Å². The summed E-state index contributed by atoms with van der Waals surface area (Å²) in [5.41, 5.74) is 10.4. The minimum Gasteiger partial charge on any atom is -0.489 e. The molecule has 1 aromatic carbocycles. The molecule has 2 atom stereocenters. The van der Waals surface area contributed by atoms with E-state index in [9.17, 15) is 0 Å². The highest BCUT2D eigenvalue weighted by Gasteiger charge is 2.56. The Morgan fingerprint density at radius 2 is 1.74 bits per heavy atom. The molecule has 0 aromatic heterocycles. The standard InChI is InChI=1S/C17H25NO/c1-11-6-7-12(2)16(13(11)3)19-15-10-14(18)17(15)8-4-5-9-17/h6-7,14-15H,4-5,8-10,18H2,1-3H3. The van der Waals surface area contributed by atoms with E-state index in [0.29, 0.717) is 12.1 Å². The topological polar surface area (TPSA) is 35.2 Å². The molecule has 2 N–H and O–H groups in total. The lowest BCUT2D eigenvalue weighted by Crippen LogP contribution is -2.62. The summed E-state index contributed by atoms with van der Waals surface area (Å²) in [7, 11) is 0. The maximum Gasteiger partial charge on any atom is 0.125 e. The van der Waals surface area contributed by atoms with Crippen molar-refractivity contribution in [1.29, 1.82) is 0 Å². The molecular weight excluding hydrogens is 234 g/mol. The Bertz CT molecular complexity index is 488. The largest absolute Gasteiger partial charge is 0.489 e. The molecule has 1 spiro atoms. The SMILES string of the molecule is Cc1ccc(C)c(OC2CC(N)C23CCCC3)c1C. The zero-order valence-corrected chi connectivity index (χ0v) is 12.3. The van der Waals surface area contributed by atoms with Gasteiger partial charge in [0.15, 0.2) is 0 Å². The van der Waals surface area contributed by atoms with Crippen molar-refractivity contribution in [3.8, 4) is 5.75 Å². The van der Waals surface area contributed by atoms with Gasteiger partial charge in [-0.2, -0.15) is 0 Å². The van der Waals surface area contributed by atoms with Crippen molar-refractivity contribution in [1.82, 2.24) is 0 Å². The Labute approximate surface area is 116 Å². The second kappa shape index (κ2) is 4.52. The maximum absolute atomic E-state index is 6.42. The van der Waals surface area contributed by atoms with Gasteiger partial charge in [-0.3, -0.25) is 0 Å². The minimum absolute atomic E-state index is 0.280. The summed E-state index contributed by atoms with van der Waals surface area (Å²) in [6.45, 7) is 6.46. The lowest BCUT2D eigenvalue weighted by molar-refractivity contribution is -0.0626. The number of hydrogen-bond donors (Lipinski definition) is 1. The first-order valence-corrected chi connectivity index (χ1v) is 7.53. The van der Waals surface area contributed by atoms with Crippen LogP contribution < -0.4 is 10.5 Å². The van der Waals surface area contributed by atoms with E-state index < -0.39 is 0 Å². The summed E-state index contributed by atoms with van der Waals surface area (Å²) < 4.78 is 6.42. The van der Waals surface area contributed by atoms with Gasteiger partial charge in [-0.1, -0.05) is 25.0 Å². The van der Waals surface area contributed by atoms with Crippen molar-refractivity contribution in [3.05, 3.63) is 28.8 Å². The van der Waals surface area contributed by atoms with E-state index in [1.54, 1.807) is 0 Å². The van der Waals surface area contributed by atoms with Gasteiger partial charge in [0.25, 0.3) is 0 Å². The summed E-state index contributed by atoms with van der Waals surface area (Å²) in [5.74, 6) is 1.10. The molecular formula is C17H25NO. The predicted molar refractivity (Wildman–Crippen MR) is 78.6 cm³/mol. The number of hydrogen-bond acceptors (Lipinski definition) is 2. The van der Waals surface area contributed by atoms with E-state index in [1.807, 2.05) is 0 Å². The number of nitrogens with two attached hydrogens (primary N) is 1. The number of rotatable bonds is 2. The van der Waals surface area contributed by atoms with E-state index >= 15 is 0 Å². The van der Waals surface area contributed by atoms with Crippen LogP contribution >= 0.6 is 0 Å². The summed E-state index contributed by atoms with van der Waals surface area (Å²) in [6.07, 6.45) is 6.50. The lowest BCUT2D eigenvalue weighted by Gasteiger charge is -2.52. The number of ether oxygens (including phenoxy) is 1. The van der Waals surface area contributed by atoms with Crippen molar-refractivity contribution in [2.24, 2.45) is 11.1 Å². The van der Waals surface area contributed by atoms with Crippen molar-refractivity contribution in [2.45, 2.75) is 65.0 Å². The van der Waals surface area contributed by atoms with Gasteiger partial charge in [0.2, 0.25) is 0 Å². The molecule has 3 rings (SSSR count). The zero-order valence-electron chi connectivity index (χ0n) is 12.3. The van der Waals surface area contributed by atoms with Gasteiger partial charge in [-0.25, -0.2) is 0 Å². The molecule has 2 aliphatic rings. The molecule has 0 amide bonds. The Balaban J connectivity index is 1.85. The van der Waals surface area contributed by atoms with E-state index in [0.717, 1.165) is 12.2 Å². The van der Waals surface area contributed by atoms with Gasteiger partial charge in [-0.05, 0) is 50.3 Å². The molecule has 2 nitrogen and oxygen atoms in total. The van der Waals surface area contributed by atoms with Crippen molar-refractivity contribution < 1.29 is 4.74 Å². The van der Waals surface area contributed by atoms with Gasteiger partial charge in [-0.15, -0.1) is 0 Å². The first-order chi connectivity index (χ1) is 9.04. The Morgan fingerprint density at radius 1 is 1.11 bits per heavy atom. The Morgan fingerprint density at radius 3 is 2.37 bits per heavy atom. The highest BCUT2D eigenvalue weighted by Crippen LogP contribution is 2.54. The molecule has 2 saturated carbocycles. The van der Waals surface area contributed by atoms with Gasteiger partial charge < -0.3 is 10.5 Å². The lowest BCUT2D eigenvalue weighted by atomic mass is 9.61. The highest BCUT2D eigenvalue weighted by atomic mass is 16.5. The molecule has 0 heterocycles. The zero-order chi connectivity index (χ0) is 13.6. The van der Waals surface area contributed by atoms with Crippen molar-refractivity contribution >= 4 is 0 Å². The molecule has 2 unspecified atom stereocenters. The van der Waals surface area contributed by atoms with Crippen LogP contribution in [0.4, 0.5) is 0 Å². The highest BCUT2D eigenvalue weighted by molar-refractivity contribution is 5.45. The van der Waals surface area contributed by atoms with Crippen LogP contribution in [0.25, 0.3) is 0 Å². The van der Waals surface area contributed by atoms with E-state index in [-0.39, 0.29) is 5.41 Å². The molecule has 2 aliphatic carbocycles. The minimum atomic E-state index is 0.280. The third kappa shape index (κ3) is 1.88. The molecule has 2 heteroatoms. The third-order valence-corrected chi connectivity index (χ3v) is 5.52. The second-order valence-electron chi connectivity index (χ2n) is 6.54. The molecule has 1 aromatic rings. The molecule has 0 bridgehead atoms. The molecule has 19 heavy (non-hydrogen) atoms. The van der Waals surface area contributed by atoms with Gasteiger partial charge in [0.05, 0.1) is 0 Å². The second-order valence-corrected chi connectivity index (χ2v) is 6.54. The van der Waals surface area contributed by atoms with Crippen LogP contribution in [0.1, 0.15) is 48.8 Å². The van der Waals surface area contributed by atoms with E-state index in [4.69, 9.17) is 10.5 Å². The Kier molecular flexibility index (Phi) is 3.09. The van der Waals surface area contributed by atoms with Crippen LogP contribution in [0.2, 0.25) is 0 Å². The van der Waals surface area contributed by atoms with E-state index in [1.165, 1.54) is 42.4 Å². The Hall–Kier alpha value is -1.02. The first-order valence-electron chi connectivity index (χ1n) is 7.53.